The summed E-state index contributed by atoms with van der Waals surface area (Å²) in [7, 11) is 0. The molecule has 0 heterocycles. The van der Waals surface area contributed by atoms with Gasteiger partial charge in [-0.1, -0.05) is 50.2 Å². The normalized spacial score (nSPS) is 8.45. The number of hydrogen-bond donors (Lipinski definition) is 2. The zero-order valence-corrected chi connectivity index (χ0v) is 16.2. The zero-order valence-electron chi connectivity index (χ0n) is 12.3. The number of phenolic OH excluding ortho intramolecular Hbond substituents is 2. The molecule has 0 saturated heterocycles. The van der Waals surface area contributed by atoms with E-state index in [9.17, 15) is 0 Å². The van der Waals surface area contributed by atoms with Crippen LogP contribution in [0.4, 0.5) is 0 Å². The molecule has 22 heavy (non-hydrogen) atoms. The summed E-state index contributed by atoms with van der Waals surface area (Å²) in [6, 6.07) is 13.3. The third kappa shape index (κ3) is 7.31. The molecule has 2 aromatic rings. The first-order valence-corrected chi connectivity index (χ1v) is 6.05. The summed E-state index contributed by atoms with van der Waals surface area (Å²) in [5.74, 6) is 0.227. The Labute approximate surface area is 166 Å². The third-order valence-corrected chi connectivity index (χ3v) is 2.59. The molecular weight excluding hydrogens is 400 g/mol. The molecule has 0 saturated carbocycles. The monoisotopic (exact) mass is 416 g/mol. The minimum Gasteiger partial charge on any atom is -0.807 e. The fourth-order valence-corrected chi connectivity index (χ4v) is 1.56. The van der Waals surface area contributed by atoms with Crippen molar-refractivity contribution in [2.24, 2.45) is 0 Å². The van der Waals surface area contributed by atoms with E-state index in [-0.39, 0.29) is 72.4 Å². The largest absolute Gasteiger partial charge is 0.807 e. The van der Waals surface area contributed by atoms with Crippen LogP contribution in [0.3, 0.4) is 0 Å². The van der Waals surface area contributed by atoms with E-state index in [1.54, 1.807) is 36.4 Å². The Morgan fingerprint density at radius 2 is 1.00 bits per heavy atom. The molecule has 0 aliphatic heterocycles. The van der Waals surface area contributed by atoms with E-state index in [2.05, 4.69) is 0 Å². The van der Waals surface area contributed by atoms with Crippen molar-refractivity contribution in [1.82, 2.24) is 0 Å². The summed E-state index contributed by atoms with van der Waals surface area (Å²) in [4.78, 5) is 0. The van der Waals surface area contributed by atoms with E-state index < -0.39 is 0 Å². The third-order valence-electron chi connectivity index (χ3n) is 2.59. The topological polar surface area (TPSA) is 85.1 Å². The maximum atomic E-state index is 9.10. The fourth-order valence-electron chi connectivity index (χ4n) is 1.56. The molecule has 2 rings (SSSR count). The first kappa shape index (κ1) is 23.3. The van der Waals surface area contributed by atoms with E-state index in [4.69, 9.17) is 21.0 Å². The maximum absolute atomic E-state index is 9.10. The zero-order chi connectivity index (χ0) is 15.1. The Hall–Kier alpha value is -1.01. The summed E-state index contributed by atoms with van der Waals surface area (Å²) in [6.45, 7) is 3.07. The maximum Gasteiger partial charge on any atom is 0.121 e. The second kappa shape index (κ2) is 11.5. The average Bonchev–Trinajstić information content (AvgIpc) is 2.40. The van der Waals surface area contributed by atoms with E-state index in [0.717, 1.165) is 0 Å². The minimum absolute atomic E-state index is 0. The number of phenols is 2. The molecule has 0 aliphatic carbocycles. The summed E-state index contributed by atoms with van der Waals surface area (Å²) in [6.07, 6.45) is 0. The van der Waals surface area contributed by atoms with Crippen molar-refractivity contribution in [3.8, 4) is 11.5 Å². The number of aromatic hydroxyl groups is 2. The van der Waals surface area contributed by atoms with Gasteiger partial charge in [-0.25, -0.2) is 0 Å². The molecule has 2 radical (unpaired) electrons. The van der Waals surface area contributed by atoms with Crippen LogP contribution >= 0.6 is 0 Å². The number of benzene rings is 2. The van der Waals surface area contributed by atoms with Gasteiger partial charge >= 0.3 is 0 Å². The van der Waals surface area contributed by atoms with E-state index >= 15 is 0 Å². The van der Waals surface area contributed by atoms with Gasteiger partial charge in [0.15, 0.2) is 0 Å². The van der Waals surface area contributed by atoms with Crippen molar-refractivity contribution in [2.75, 3.05) is 0 Å². The molecule has 2 N–H and O–H groups in total. The second-order valence-corrected chi connectivity index (χ2v) is 4.21. The van der Waals surface area contributed by atoms with Gasteiger partial charge in [0.1, 0.15) is 11.5 Å². The number of para-hydroxylation sites is 2. The van der Waals surface area contributed by atoms with Crippen LogP contribution in [0, 0.1) is 0 Å². The van der Waals surface area contributed by atoms with Gasteiger partial charge in [-0.3, -0.25) is 0 Å². The predicted molar refractivity (Wildman–Crippen MR) is 82.5 cm³/mol. The van der Waals surface area contributed by atoms with Crippen molar-refractivity contribution >= 4 is 11.4 Å². The van der Waals surface area contributed by atoms with Gasteiger partial charge in [-0.05, 0) is 23.3 Å². The Morgan fingerprint density at radius 3 is 1.18 bits per heavy atom. The van der Waals surface area contributed by atoms with Crippen molar-refractivity contribution in [2.45, 2.75) is 13.8 Å². The standard InChI is InChI=1S/2C8H8NO.Co.Y/c2*1-6(9)7-4-2-3-5-8(7)10;;/h2*2-5,10H,1H3;;/q2*-1;;. The summed E-state index contributed by atoms with van der Waals surface area (Å²) >= 11 is 0. The van der Waals surface area contributed by atoms with Crippen molar-refractivity contribution < 1.29 is 59.7 Å². The molecule has 0 aliphatic rings. The SMILES string of the molecule is CC(=[N-])c1ccccc1O.CC(=[N-])c1ccccc1O.[Co].[Y]. The van der Waals surface area contributed by atoms with Crippen LogP contribution in [-0.2, 0) is 49.5 Å². The van der Waals surface area contributed by atoms with Crippen LogP contribution in [0.1, 0.15) is 25.0 Å². The average molecular weight is 416 g/mol. The molecule has 4 nitrogen and oxygen atoms in total. The first-order chi connectivity index (χ1) is 9.43. The molecular formula is C16H16CoN2O2Y-2. The van der Waals surface area contributed by atoms with Crippen LogP contribution in [-0.4, -0.2) is 21.6 Å². The quantitative estimate of drug-likeness (QED) is 0.735. The van der Waals surface area contributed by atoms with Crippen molar-refractivity contribution in [3.63, 3.8) is 0 Å². The summed E-state index contributed by atoms with van der Waals surface area (Å²) < 4.78 is 0. The Morgan fingerprint density at radius 1 is 0.727 bits per heavy atom. The fraction of sp³-hybridized carbons (Fsp3) is 0.125. The number of rotatable bonds is 2. The summed E-state index contributed by atoms with van der Waals surface area (Å²) in [5.41, 5.74) is 1.25. The van der Waals surface area contributed by atoms with Gasteiger partial charge in [0.25, 0.3) is 0 Å². The van der Waals surface area contributed by atoms with Gasteiger partial charge in [0.2, 0.25) is 0 Å². The van der Waals surface area contributed by atoms with Gasteiger partial charge in [-0.15, -0.1) is 0 Å². The smallest absolute Gasteiger partial charge is 0.121 e. The molecule has 0 amide bonds. The van der Waals surface area contributed by atoms with Gasteiger partial charge < -0.3 is 21.0 Å². The Balaban J connectivity index is 0. The molecule has 0 bridgehead atoms. The second-order valence-electron chi connectivity index (χ2n) is 4.21. The molecule has 2 aromatic carbocycles. The van der Waals surface area contributed by atoms with Gasteiger partial charge in [0, 0.05) is 49.5 Å². The Bertz CT molecular complexity index is 578. The first-order valence-electron chi connectivity index (χ1n) is 6.05. The molecule has 0 aromatic heterocycles. The van der Waals surface area contributed by atoms with Crippen LogP contribution in [0.25, 0.3) is 10.8 Å². The van der Waals surface area contributed by atoms with Crippen molar-refractivity contribution in [1.29, 1.82) is 0 Å². The molecule has 0 spiro atoms. The number of hydrogen-bond acceptors (Lipinski definition) is 2. The molecule has 0 fully saturated rings. The number of nitrogens with zero attached hydrogens (tertiary/aromatic N) is 2. The molecule has 0 unspecified atom stereocenters. The van der Waals surface area contributed by atoms with Gasteiger partial charge in [-0.2, -0.15) is 11.4 Å². The predicted octanol–water partition coefficient (Wildman–Crippen LogP) is 3.54. The molecule has 0 atom stereocenters. The van der Waals surface area contributed by atoms with Crippen molar-refractivity contribution in [3.05, 3.63) is 70.5 Å². The van der Waals surface area contributed by atoms with E-state index in [1.807, 2.05) is 0 Å². The van der Waals surface area contributed by atoms with Crippen LogP contribution in [0.5, 0.6) is 11.5 Å². The molecule has 6 heteroatoms. The van der Waals surface area contributed by atoms with Crippen LogP contribution < -0.4 is 0 Å². The van der Waals surface area contributed by atoms with Crippen LogP contribution in [0.15, 0.2) is 48.5 Å². The van der Waals surface area contributed by atoms with Gasteiger partial charge in [0.05, 0.1) is 0 Å². The van der Waals surface area contributed by atoms with E-state index in [1.165, 1.54) is 26.0 Å². The van der Waals surface area contributed by atoms with E-state index in [0.29, 0.717) is 11.1 Å². The minimum atomic E-state index is 0. The molecule has 116 valence electrons. The van der Waals surface area contributed by atoms with Crippen LogP contribution in [0.2, 0.25) is 0 Å². The summed E-state index contributed by atoms with van der Waals surface area (Å²) in [5, 5.41) is 36.1. The Kier molecular flexibility index (Phi) is 12.2.